The Morgan fingerprint density at radius 1 is 0.909 bits per heavy atom. The summed E-state index contributed by atoms with van der Waals surface area (Å²) in [5.41, 5.74) is 2.36. The summed E-state index contributed by atoms with van der Waals surface area (Å²) in [4.78, 5) is 29.2. The van der Waals surface area contributed by atoms with Crippen molar-refractivity contribution in [2.75, 3.05) is 39.1 Å². The number of piperidine rings is 1. The Morgan fingerprint density at radius 3 is 1.98 bits per heavy atom. The first-order valence-electron chi connectivity index (χ1n) is 21.8. The van der Waals surface area contributed by atoms with E-state index in [2.05, 4.69) is 21.5 Å². The summed E-state index contributed by atoms with van der Waals surface area (Å²) < 4.78 is 71.6. The fraction of sp³-hybridized carbons (Fsp3) is 0.479. The quantitative estimate of drug-likeness (QED) is 0.0293. The number of allylic oxidation sites excluding steroid dienone is 1. The van der Waals surface area contributed by atoms with Crippen LogP contribution in [0, 0.1) is 0 Å². The Morgan fingerprint density at radius 2 is 1.47 bits per heavy atom. The molecule has 66 heavy (non-hydrogen) atoms. The zero-order valence-electron chi connectivity index (χ0n) is 39.0. The molecule has 18 heteroatoms. The fourth-order valence-electron chi connectivity index (χ4n) is 7.00. The van der Waals surface area contributed by atoms with Gasteiger partial charge in [-0.05, 0) is 134 Å². The molecule has 0 radical (unpaired) electrons. The van der Waals surface area contributed by atoms with Gasteiger partial charge in [-0.15, -0.1) is 0 Å². The number of rotatable bonds is 20. The molecule has 12 nitrogen and oxygen atoms in total. The number of pyridine rings is 1. The zero-order chi connectivity index (χ0) is 48.9. The van der Waals surface area contributed by atoms with Crippen LogP contribution in [0.5, 0.6) is 5.88 Å². The Bertz CT molecular complexity index is 2230. The number of nitrogens with zero attached hydrogens (tertiary/aromatic N) is 2. The van der Waals surface area contributed by atoms with E-state index in [4.69, 9.17) is 42.4 Å². The van der Waals surface area contributed by atoms with E-state index in [1.165, 1.54) is 6.26 Å². The van der Waals surface area contributed by atoms with E-state index in [1.54, 1.807) is 26.8 Å². The molecular weight excluding hydrogens is 917 g/mol. The molecule has 1 amide bonds. The molecule has 0 aliphatic carbocycles. The number of benzene rings is 3. The number of hydrogen-bond acceptors (Lipinski definition) is 10. The third-order valence-corrected chi connectivity index (χ3v) is 12.9. The summed E-state index contributed by atoms with van der Waals surface area (Å²) in [6.07, 6.45) is 4.55. The highest BCUT2D eigenvalue weighted by Crippen LogP contribution is 2.38. The highest BCUT2D eigenvalue weighted by molar-refractivity contribution is 7.83. The Hall–Kier alpha value is -4.29. The summed E-state index contributed by atoms with van der Waals surface area (Å²) in [5.74, 6) is -0.356. The molecule has 1 aromatic heterocycles. The number of aromatic nitrogens is 1. The minimum Gasteiger partial charge on any atom is -0.493 e. The predicted molar refractivity (Wildman–Crippen MR) is 258 cm³/mol. The third kappa shape index (κ3) is 15.9. The van der Waals surface area contributed by atoms with Gasteiger partial charge in [0.15, 0.2) is 0 Å². The van der Waals surface area contributed by atoms with Gasteiger partial charge in [-0.2, -0.15) is 13.2 Å². The Balaban J connectivity index is 0.00000228. The molecule has 362 valence electrons. The lowest BCUT2D eigenvalue weighted by molar-refractivity contribution is -0.148. The van der Waals surface area contributed by atoms with Crippen molar-refractivity contribution < 1.29 is 41.2 Å². The van der Waals surface area contributed by atoms with Crippen LogP contribution in [0.1, 0.15) is 103 Å². The van der Waals surface area contributed by atoms with Crippen LogP contribution in [0.4, 0.5) is 18.9 Å². The van der Waals surface area contributed by atoms with Gasteiger partial charge in [-0.1, -0.05) is 60.5 Å². The molecule has 2 unspecified atom stereocenters. The zero-order valence-corrected chi connectivity index (χ0v) is 41.4. The molecule has 1 fully saturated rings. The van der Waals surface area contributed by atoms with Crippen molar-refractivity contribution in [3.05, 3.63) is 111 Å². The first-order chi connectivity index (χ1) is 31.0. The molecule has 1 aliphatic heterocycles. The molecule has 3 aromatic carbocycles. The second-order valence-electron chi connectivity index (χ2n) is 17.4. The number of hydrogen-bond donors (Lipinski definition) is 4. The minimum absolute atomic E-state index is 0.00757. The average Bonchev–Trinajstić information content (AvgIpc) is 3.28. The van der Waals surface area contributed by atoms with Crippen LogP contribution in [0.15, 0.2) is 84.8 Å². The van der Waals surface area contributed by atoms with E-state index in [9.17, 15) is 27.0 Å². The van der Waals surface area contributed by atoms with Crippen LogP contribution in [0.3, 0.4) is 0 Å². The van der Waals surface area contributed by atoms with E-state index < -0.39 is 39.2 Å². The summed E-state index contributed by atoms with van der Waals surface area (Å²) in [6.45, 7) is 12.5. The van der Waals surface area contributed by atoms with Crippen LogP contribution in [0.25, 0.3) is 10.9 Å². The summed E-state index contributed by atoms with van der Waals surface area (Å²) in [7, 11) is 0.551. The van der Waals surface area contributed by atoms with Gasteiger partial charge in [-0.25, -0.2) is 13.5 Å². The van der Waals surface area contributed by atoms with Crippen LogP contribution in [-0.2, 0) is 30.0 Å². The lowest BCUT2D eigenvalue weighted by Gasteiger charge is -2.33. The molecule has 1 aliphatic rings. The van der Waals surface area contributed by atoms with Crippen molar-refractivity contribution in [1.29, 1.82) is 0 Å². The monoisotopic (exact) mass is 978 g/mol. The molecule has 4 aromatic rings. The topological polar surface area (TPSA) is 143 Å². The van der Waals surface area contributed by atoms with Crippen LogP contribution in [0.2, 0.25) is 10.0 Å². The Labute approximate surface area is 399 Å². The Kier molecular flexibility index (Phi) is 19.9. The first kappa shape index (κ1) is 54.3. The second-order valence-corrected chi connectivity index (χ2v) is 19.8. The number of halogens is 5. The molecule has 2 atom stereocenters. The number of anilines is 1. The van der Waals surface area contributed by atoms with Gasteiger partial charge in [0, 0.05) is 64.4 Å². The molecular formula is C48H63Cl2F3N6O6S. The molecule has 0 saturated carbocycles. The van der Waals surface area contributed by atoms with Gasteiger partial charge >= 0.3 is 5.51 Å². The van der Waals surface area contributed by atoms with E-state index in [1.807, 2.05) is 109 Å². The van der Waals surface area contributed by atoms with Crippen molar-refractivity contribution in [3.8, 4) is 5.88 Å². The smallest absolute Gasteiger partial charge is 0.485 e. The third-order valence-electron chi connectivity index (χ3n) is 11.1. The maximum atomic E-state index is 13.4. The van der Waals surface area contributed by atoms with Gasteiger partial charge in [0.2, 0.25) is 16.9 Å². The number of carbonyl (C=O) groups is 2. The van der Waals surface area contributed by atoms with Gasteiger partial charge in [-0.3, -0.25) is 15.6 Å². The van der Waals surface area contributed by atoms with Crippen molar-refractivity contribution in [1.82, 2.24) is 25.5 Å². The number of alkyl halides is 3. The van der Waals surface area contributed by atoms with Gasteiger partial charge in [0.25, 0.3) is 5.91 Å². The average molecular weight is 980 g/mol. The molecule has 5 rings (SSSR count). The number of fused-ring (bicyclic) bond motifs is 1. The normalized spacial score (nSPS) is 15.7. The largest absolute Gasteiger partial charge is 0.493 e. The number of hydrazine groups is 1. The van der Waals surface area contributed by atoms with E-state index in [0.29, 0.717) is 59.1 Å². The van der Waals surface area contributed by atoms with E-state index in [-0.39, 0.29) is 37.5 Å². The highest BCUT2D eigenvalue weighted by Gasteiger charge is 2.42. The van der Waals surface area contributed by atoms with Gasteiger partial charge < -0.3 is 29.6 Å². The van der Waals surface area contributed by atoms with Crippen molar-refractivity contribution >= 4 is 63.0 Å². The number of amides is 1. The number of ether oxygens (including phenoxy) is 3. The summed E-state index contributed by atoms with van der Waals surface area (Å²) in [5, 5.41) is 8.35. The highest BCUT2D eigenvalue weighted by atomic mass is 35.5. The predicted octanol–water partition coefficient (Wildman–Crippen LogP) is 10.2. The second kappa shape index (κ2) is 24.1. The van der Waals surface area contributed by atoms with Crippen molar-refractivity contribution in [2.45, 2.75) is 115 Å². The molecule has 1 saturated heterocycles. The number of nitrogens with one attached hydrogen (secondary N) is 4. The van der Waals surface area contributed by atoms with Gasteiger partial charge in [0.1, 0.15) is 29.4 Å². The minimum atomic E-state index is -4.83. The van der Waals surface area contributed by atoms with Crippen molar-refractivity contribution in [3.63, 3.8) is 0 Å². The van der Waals surface area contributed by atoms with Crippen LogP contribution >= 0.6 is 23.2 Å². The lowest BCUT2D eigenvalue weighted by atomic mass is 9.84. The standard InChI is InChI=1S/C46H55Cl2F3N4O6S.C2H8N2/c1-8-45(7,22-9-25-56)59-28-30(2)52-42(57)44(5,6)60-29-43(3,4)61-40-27-39(53-36-20-23-55(24-21-36)62(58)46(49,50)51)37-26-33(14-19-38(37)54-40)41(31-10-15-34(47)16-11-31)32-12-17-35(48)18-13-32;1-3-4-2/h10-19,25-28,36,41H,8-9,20-24,29H2,1-7H3,(H,52,57)(H,53,54);3-4H,1-2H3/b30-28+;. The molecule has 4 N–H and O–H groups in total. The number of aldehydes is 1. The summed E-state index contributed by atoms with van der Waals surface area (Å²) >= 11 is 12.6. The fourth-order valence-corrected chi connectivity index (χ4v) is 8.08. The van der Waals surface area contributed by atoms with Crippen LogP contribution in [-0.4, -0.2) is 87.8 Å². The maximum absolute atomic E-state index is 13.4. The molecule has 0 bridgehead atoms. The van der Waals surface area contributed by atoms with E-state index >= 15 is 0 Å². The SMILES string of the molecule is CCC(C)(CCC=O)O/C=C(\C)NC(=O)C(C)(C)OCC(C)(C)Oc1cc(NC2CCN(S(=O)C(F)(F)F)CC2)c2cc(C(c3ccc(Cl)cc3)c3ccc(Cl)cc3)ccc2n1.CNNC. The van der Waals surface area contributed by atoms with Crippen LogP contribution < -0.4 is 26.2 Å². The molecule has 2 heterocycles. The number of carbonyl (C=O) groups excluding carboxylic acids is 2. The van der Waals surface area contributed by atoms with E-state index in [0.717, 1.165) is 32.7 Å². The summed E-state index contributed by atoms with van der Waals surface area (Å²) in [6, 6.07) is 22.7. The molecule has 0 spiro atoms. The lowest BCUT2D eigenvalue weighted by Crippen LogP contribution is -2.47. The van der Waals surface area contributed by atoms with Gasteiger partial charge in [0.05, 0.1) is 12.1 Å². The van der Waals surface area contributed by atoms with Crippen molar-refractivity contribution in [2.24, 2.45) is 0 Å². The first-order valence-corrected chi connectivity index (χ1v) is 23.6. The maximum Gasteiger partial charge on any atom is 0.485 e.